The summed E-state index contributed by atoms with van der Waals surface area (Å²) in [5.41, 5.74) is 1.94. The summed E-state index contributed by atoms with van der Waals surface area (Å²) in [7, 11) is 0. The van der Waals surface area contributed by atoms with E-state index in [1.54, 1.807) is 13.0 Å². The van der Waals surface area contributed by atoms with Crippen LogP contribution < -0.4 is 5.32 Å². The zero-order chi connectivity index (χ0) is 15.4. The van der Waals surface area contributed by atoms with Crippen LogP contribution in [0, 0.1) is 12.7 Å². The maximum atomic E-state index is 13.1. The van der Waals surface area contributed by atoms with Gasteiger partial charge in [0.2, 0.25) is 0 Å². The number of benzene rings is 1. The number of carbonyl (C=O) groups excluding carboxylic acids is 1. The van der Waals surface area contributed by atoms with Gasteiger partial charge in [-0.1, -0.05) is 31.1 Å². The molecule has 5 heteroatoms. The van der Waals surface area contributed by atoms with E-state index in [0.717, 1.165) is 5.56 Å². The molecule has 1 heterocycles. The van der Waals surface area contributed by atoms with E-state index in [4.69, 9.17) is 4.52 Å². The number of carbonyl (C=O) groups is 1. The number of nitrogens with zero attached hydrogens (tertiary/aromatic N) is 1. The number of rotatable bonds is 5. The lowest BCUT2D eigenvalue weighted by Gasteiger charge is -2.07. The molecule has 21 heavy (non-hydrogen) atoms. The number of halogens is 1. The van der Waals surface area contributed by atoms with Gasteiger partial charge in [-0.2, -0.15) is 0 Å². The molecule has 1 N–H and O–H groups in total. The zero-order valence-corrected chi connectivity index (χ0v) is 12.4. The summed E-state index contributed by atoms with van der Waals surface area (Å²) in [4.78, 5) is 12.2. The third-order valence-electron chi connectivity index (χ3n) is 3.23. The number of nitrogens with one attached hydrogen (secondary N) is 1. The Labute approximate surface area is 123 Å². The van der Waals surface area contributed by atoms with Crippen molar-refractivity contribution in [2.24, 2.45) is 0 Å². The van der Waals surface area contributed by atoms with Crippen molar-refractivity contribution in [3.8, 4) is 0 Å². The van der Waals surface area contributed by atoms with Gasteiger partial charge >= 0.3 is 0 Å². The maximum Gasteiger partial charge on any atom is 0.256 e. The minimum atomic E-state index is -0.268. The molecule has 2 aromatic rings. The van der Waals surface area contributed by atoms with Crippen molar-refractivity contribution >= 4 is 5.91 Å². The topological polar surface area (TPSA) is 55.1 Å². The molecule has 0 atom stereocenters. The van der Waals surface area contributed by atoms with E-state index >= 15 is 0 Å². The third-order valence-corrected chi connectivity index (χ3v) is 3.23. The van der Waals surface area contributed by atoms with Gasteiger partial charge in [0, 0.05) is 12.5 Å². The van der Waals surface area contributed by atoms with E-state index in [9.17, 15) is 9.18 Å². The molecule has 0 unspecified atom stereocenters. The van der Waals surface area contributed by atoms with Crippen LogP contribution in [0.3, 0.4) is 0 Å². The van der Waals surface area contributed by atoms with E-state index in [1.165, 1.54) is 12.1 Å². The minimum absolute atomic E-state index is 0.0927. The predicted molar refractivity (Wildman–Crippen MR) is 77.8 cm³/mol. The van der Waals surface area contributed by atoms with E-state index < -0.39 is 0 Å². The summed E-state index contributed by atoms with van der Waals surface area (Å²) < 4.78 is 18.3. The highest BCUT2D eigenvalue weighted by Gasteiger charge is 2.22. The molecule has 0 fully saturated rings. The molecule has 112 valence electrons. The third kappa shape index (κ3) is 3.68. The highest BCUT2D eigenvalue weighted by Crippen LogP contribution is 2.21. The number of aromatic nitrogens is 1. The number of hydrogen-bond acceptors (Lipinski definition) is 3. The van der Waals surface area contributed by atoms with E-state index in [2.05, 4.69) is 10.5 Å². The van der Waals surface area contributed by atoms with Crippen molar-refractivity contribution < 1.29 is 13.7 Å². The zero-order valence-electron chi connectivity index (χ0n) is 12.4. The largest absolute Gasteiger partial charge is 0.360 e. The maximum absolute atomic E-state index is 13.1. The van der Waals surface area contributed by atoms with Gasteiger partial charge in [0.25, 0.3) is 5.91 Å². The van der Waals surface area contributed by atoms with Gasteiger partial charge in [-0.25, -0.2) is 4.39 Å². The molecule has 0 bridgehead atoms. The molecule has 1 aromatic heterocycles. The molecule has 1 amide bonds. The Kier molecular flexibility index (Phi) is 4.73. The van der Waals surface area contributed by atoms with Crippen molar-refractivity contribution in [3.63, 3.8) is 0 Å². The molecular weight excluding hydrogens is 271 g/mol. The second kappa shape index (κ2) is 6.52. The Morgan fingerprint density at radius 3 is 2.86 bits per heavy atom. The normalized spacial score (nSPS) is 10.9. The number of amides is 1. The molecule has 0 saturated carbocycles. The van der Waals surface area contributed by atoms with Gasteiger partial charge in [0.15, 0.2) is 5.76 Å². The predicted octanol–water partition coefficient (Wildman–Crippen LogP) is 3.22. The Bertz CT molecular complexity index is 635. The van der Waals surface area contributed by atoms with Crippen LogP contribution in [0.4, 0.5) is 4.39 Å². The van der Waals surface area contributed by atoms with Crippen LogP contribution in [0.2, 0.25) is 0 Å². The van der Waals surface area contributed by atoms with Gasteiger partial charge in [-0.15, -0.1) is 0 Å². The molecule has 0 radical (unpaired) electrons. The molecule has 0 aliphatic rings. The Hall–Kier alpha value is -2.17. The standard InChI is InChI=1S/C16H19FN2O2/c1-10(2)15-14(11(3)19-21-15)16(20)18-8-7-12-5-4-6-13(17)9-12/h4-6,9-10H,7-8H2,1-3H3,(H,18,20). The lowest BCUT2D eigenvalue weighted by molar-refractivity contribution is 0.0951. The summed E-state index contributed by atoms with van der Waals surface area (Å²) in [5.74, 6) is 0.218. The first-order valence-corrected chi connectivity index (χ1v) is 6.98. The fourth-order valence-electron chi connectivity index (χ4n) is 2.16. The lowest BCUT2D eigenvalue weighted by Crippen LogP contribution is -2.27. The number of hydrogen-bond donors (Lipinski definition) is 1. The van der Waals surface area contributed by atoms with Gasteiger partial charge in [-0.05, 0) is 31.0 Å². The first-order chi connectivity index (χ1) is 9.99. The Morgan fingerprint density at radius 1 is 1.43 bits per heavy atom. The average Bonchev–Trinajstić information content (AvgIpc) is 2.81. The summed E-state index contributed by atoms with van der Waals surface area (Å²) in [6.45, 7) is 6.08. The van der Waals surface area contributed by atoms with Crippen molar-refractivity contribution in [2.75, 3.05) is 6.54 Å². The fourth-order valence-corrected chi connectivity index (χ4v) is 2.16. The average molecular weight is 290 g/mol. The molecular formula is C16H19FN2O2. The highest BCUT2D eigenvalue weighted by molar-refractivity contribution is 5.96. The second-order valence-electron chi connectivity index (χ2n) is 5.30. The molecule has 0 aliphatic heterocycles. The summed E-state index contributed by atoms with van der Waals surface area (Å²) in [6.07, 6.45) is 0.574. The summed E-state index contributed by atoms with van der Waals surface area (Å²) >= 11 is 0. The first-order valence-electron chi connectivity index (χ1n) is 6.98. The lowest BCUT2D eigenvalue weighted by atomic mass is 10.0. The van der Waals surface area contributed by atoms with Gasteiger partial charge in [0.1, 0.15) is 11.4 Å². The van der Waals surface area contributed by atoms with Gasteiger partial charge in [-0.3, -0.25) is 4.79 Å². The van der Waals surface area contributed by atoms with Crippen molar-refractivity contribution in [3.05, 3.63) is 52.7 Å². The minimum Gasteiger partial charge on any atom is -0.360 e. The summed E-state index contributed by atoms with van der Waals surface area (Å²) in [6, 6.07) is 6.36. The molecule has 0 spiro atoms. The molecule has 2 rings (SSSR count). The Morgan fingerprint density at radius 2 is 2.19 bits per heavy atom. The van der Waals surface area contributed by atoms with Crippen molar-refractivity contribution in [1.29, 1.82) is 0 Å². The van der Waals surface area contributed by atoms with Crippen LogP contribution >= 0.6 is 0 Å². The Balaban J connectivity index is 1.98. The van der Waals surface area contributed by atoms with E-state index in [-0.39, 0.29) is 17.6 Å². The number of aryl methyl sites for hydroxylation is 1. The SMILES string of the molecule is Cc1noc(C(C)C)c1C(=O)NCCc1cccc(F)c1. The molecule has 4 nitrogen and oxygen atoms in total. The monoisotopic (exact) mass is 290 g/mol. The van der Waals surface area contributed by atoms with Gasteiger partial charge < -0.3 is 9.84 Å². The fraction of sp³-hybridized carbons (Fsp3) is 0.375. The molecule has 0 aliphatic carbocycles. The van der Waals surface area contributed by atoms with Crippen LogP contribution in [0.25, 0.3) is 0 Å². The van der Waals surface area contributed by atoms with Crippen LogP contribution in [-0.2, 0) is 6.42 Å². The van der Waals surface area contributed by atoms with Gasteiger partial charge in [0.05, 0.1) is 5.69 Å². The molecule has 1 aromatic carbocycles. The van der Waals surface area contributed by atoms with Crippen LogP contribution in [-0.4, -0.2) is 17.6 Å². The van der Waals surface area contributed by atoms with Crippen LogP contribution in [0.15, 0.2) is 28.8 Å². The van der Waals surface area contributed by atoms with Crippen molar-refractivity contribution in [2.45, 2.75) is 33.1 Å². The van der Waals surface area contributed by atoms with Crippen molar-refractivity contribution in [1.82, 2.24) is 10.5 Å². The quantitative estimate of drug-likeness (QED) is 0.920. The van der Waals surface area contributed by atoms with Crippen LogP contribution in [0.1, 0.15) is 47.1 Å². The molecule has 0 saturated heterocycles. The summed E-state index contributed by atoms with van der Waals surface area (Å²) in [5, 5.41) is 6.68. The highest BCUT2D eigenvalue weighted by atomic mass is 19.1. The van der Waals surface area contributed by atoms with E-state index in [1.807, 2.05) is 19.9 Å². The second-order valence-corrected chi connectivity index (χ2v) is 5.30. The van der Waals surface area contributed by atoms with Crippen LogP contribution in [0.5, 0.6) is 0 Å². The smallest absolute Gasteiger partial charge is 0.256 e. The van der Waals surface area contributed by atoms with E-state index in [0.29, 0.717) is 30.0 Å². The first kappa shape index (κ1) is 15.2.